The van der Waals surface area contributed by atoms with Gasteiger partial charge < -0.3 is 9.81 Å². The minimum absolute atomic E-state index is 0.854. The van der Waals surface area contributed by atoms with Crippen molar-refractivity contribution in [1.82, 2.24) is 0 Å². The van der Waals surface area contributed by atoms with Crippen molar-refractivity contribution in [2.24, 2.45) is 0 Å². The van der Waals surface area contributed by atoms with Gasteiger partial charge in [-0.2, -0.15) is 74.6 Å². The first kappa shape index (κ1) is 42.4. The highest BCUT2D eigenvalue weighted by molar-refractivity contribution is 14.1. The Bertz CT molecular complexity index is 1000. The summed E-state index contributed by atoms with van der Waals surface area (Å²) in [6.45, 7) is 0. The molecule has 0 aromatic rings. The Morgan fingerprint density at radius 1 is 0.643 bits per heavy atom. The van der Waals surface area contributed by atoms with Gasteiger partial charge in [0, 0.05) is 20.7 Å². The molecule has 28 heteroatoms. The average molecular weight is 928 g/mol. The molecule has 0 N–H and O–H groups in total. The fraction of sp³-hybridized carbons (Fsp3) is 1.00. The molecule has 42 heavy (non-hydrogen) atoms. The van der Waals surface area contributed by atoms with Crippen LogP contribution in [0.15, 0.2) is 0 Å². The lowest BCUT2D eigenvalue weighted by Gasteiger charge is -2.34. The standard InChI is InChI=1S/C14H12F16I2O8S2/c15-7(16,9(19,20)37-11(23,24)13(27,28)41-40-39-33)3-5(31)1-2-6(32)4-8(17,18)10(21,22)38-12(25,26)14(29,30)42(34,35)36/h5-6,33H,1-4H2,(H,34,35,36)/p-2. The maximum atomic E-state index is 13.9. The van der Waals surface area contributed by atoms with Crippen LogP contribution in [-0.2, 0) is 29.0 Å². The summed E-state index contributed by atoms with van der Waals surface area (Å²) in [6, 6.07) is 0. The van der Waals surface area contributed by atoms with Crippen LogP contribution in [-0.4, -0.2) is 67.6 Å². The van der Waals surface area contributed by atoms with Crippen LogP contribution in [0.3, 0.4) is 0 Å². The Kier molecular flexibility index (Phi) is 14.2. The lowest BCUT2D eigenvalue weighted by atomic mass is 10.0. The predicted molar refractivity (Wildman–Crippen MR) is 115 cm³/mol. The van der Waals surface area contributed by atoms with Crippen LogP contribution in [0.2, 0.25) is 0 Å². The molecule has 8 nitrogen and oxygen atoms in total. The van der Waals surface area contributed by atoms with Crippen LogP contribution >= 0.6 is 57.2 Å². The number of ether oxygens (including phenoxy) is 2. The van der Waals surface area contributed by atoms with Gasteiger partial charge in [0.15, 0.2) is 10.1 Å². The second-order valence-corrected chi connectivity index (χ2v) is 13.3. The minimum atomic E-state index is -7.43. The van der Waals surface area contributed by atoms with Gasteiger partial charge in [0.05, 0.1) is 0 Å². The molecule has 0 aliphatic heterocycles. The smallest absolute Gasteiger partial charge is 0.438 e. The fourth-order valence-corrected chi connectivity index (χ4v) is 4.61. The normalized spacial score (nSPS) is 17.0. The average Bonchev–Trinajstić information content (AvgIpc) is 2.73. The van der Waals surface area contributed by atoms with Crippen LogP contribution < -0.4 is 5.26 Å². The van der Waals surface area contributed by atoms with E-state index in [2.05, 4.69) is 14.1 Å². The van der Waals surface area contributed by atoms with Crippen LogP contribution in [0.1, 0.15) is 25.7 Å². The molecule has 0 saturated carbocycles. The Labute approximate surface area is 254 Å². The lowest BCUT2D eigenvalue weighted by Crippen LogP contribution is -2.56. The van der Waals surface area contributed by atoms with Crippen LogP contribution in [0.4, 0.5) is 70.2 Å². The van der Waals surface area contributed by atoms with Crippen molar-refractivity contribution in [3.63, 3.8) is 0 Å². The molecule has 0 aromatic carbocycles. The predicted octanol–water partition coefficient (Wildman–Crippen LogP) is 6.43. The summed E-state index contributed by atoms with van der Waals surface area (Å²) >= 11 is -0.153. The van der Waals surface area contributed by atoms with Gasteiger partial charge in [-0.05, 0) is 12.8 Å². The SMILES string of the molecule is O=S(=O)([O-])C(F)(F)C(F)(F)OC(F)(F)C(F)(F)CC(I)CCC(I)CC(F)(F)C(F)(F)OC(F)(F)C(F)(F)SOO[O-]. The first-order valence-electron chi connectivity index (χ1n) is 9.52. The Morgan fingerprint density at radius 3 is 1.29 bits per heavy atom. The van der Waals surface area contributed by atoms with Gasteiger partial charge in [-0.1, -0.05) is 45.2 Å². The minimum Gasteiger partial charge on any atom is -0.743 e. The van der Waals surface area contributed by atoms with Gasteiger partial charge in [-0.25, -0.2) is 17.9 Å². The molecule has 0 fully saturated rings. The monoisotopic (exact) mass is 928 g/mol. The fourth-order valence-electron chi connectivity index (χ4n) is 2.20. The van der Waals surface area contributed by atoms with Crippen molar-refractivity contribution in [3.8, 4) is 0 Å². The Hall–Kier alpha value is 0.400. The summed E-state index contributed by atoms with van der Waals surface area (Å²) < 4.78 is 249. The summed E-state index contributed by atoms with van der Waals surface area (Å²) in [5.41, 5.74) is 0. The molecule has 0 rings (SSSR count). The van der Waals surface area contributed by atoms with Gasteiger partial charge in [-0.3, -0.25) is 5.04 Å². The third-order valence-corrected chi connectivity index (χ3v) is 7.83. The quantitative estimate of drug-likeness (QED) is 0.0275. The molecule has 0 aromatic heterocycles. The molecule has 0 bridgehead atoms. The number of alkyl halides is 18. The molecule has 254 valence electrons. The second-order valence-electron chi connectivity index (χ2n) is 7.57. The van der Waals surface area contributed by atoms with Crippen LogP contribution in [0, 0.1) is 0 Å². The molecule has 0 saturated heterocycles. The molecule has 0 heterocycles. The highest BCUT2D eigenvalue weighted by Crippen LogP contribution is 2.52. The molecular weight excluding hydrogens is 918 g/mol. The summed E-state index contributed by atoms with van der Waals surface area (Å²) in [7, 11) is -7.43. The first-order chi connectivity index (χ1) is 18.2. The molecule has 2 atom stereocenters. The van der Waals surface area contributed by atoms with Gasteiger partial charge in [0.2, 0.25) is 0 Å². The lowest BCUT2D eigenvalue weighted by molar-refractivity contribution is -0.777. The second kappa shape index (κ2) is 14.0. The molecular formula is C14H10F16I2O8S2-2. The van der Waals surface area contributed by atoms with E-state index < -0.39 is 102 Å². The molecule has 0 aliphatic rings. The largest absolute Gasteiger partial charge is 0.743 e. The number of halogens is 18. The van der Waals surface area contributed by atoms with Crippen molar-refractivity contribution in [3.05, 3.63) is 0 Å². The third-order valence-electron chi connectivity index (χ3n) is 4.27. The van der Waals surface area contributed by atoms with E-state index in [-0.39, 0.29) is 0 Å². The molecule has 0 spiro atoms. The summed E-state index contributed by atoms with van der Waals surface area (Å²) in [5.74, 6) is -11.6. The molecule has 2 unspecified atom stereocenters. The van der Waals surface area contributed by atoms with Crippen LogP contribution in [0.5, 0.6) is 0 Å². The zero-order chi connectivity index (χ0) is 34.0. The van der Waals surface area contributed by atoms with E-state index in [0.29, 0.717) is 0 Å². The first-order valence-corrected chi connectivity index (χ1v) is 14.2. The van der Waals surface area contributed by atoms with Crippen molar-refractivity contribution in [2.75, 3.05) is 0 Å². The topological polar surface area (TPSA) is 117 Å². The van der Waals surface area contributed by atoms with E-state index in [9.17, 15) is 88.5 Å². The molecule has 0 aliphatic carbocycles. The van der Waals surface area contributed by atoms with Crippen molar-refractivity contribution in [2.45, 2.75) is 80.3 Å². The van der Waals surface area contributed by atoms with Crippen molar-refractivity contribution >= 4 is 67.3 Å². The van der Waals surface area contributed by atoms with Gasteiger partial charge in [-0.15, -0.1) is 0 Å². The highest BCUT2D eigenvalue weighted by atomic mass is 127. The Balaban J connectivity index is 5.40. The highest BCUT2D eigenvalue weighted by Gasteiger charge is 2.72. The van der Waals surface area contributed by atoms with Crippen LogP contribution in [0.25, 0.3) is 0 Å². The van der Waals surface area contributed by atoms with Crippen molar-refractivity contribution < 1.29 is 107 Å². The number of hydrogen-bond acceptors (Lipinski definition) is 9. The van der Waals surface area contributed by atoms with E-state index in [0.717, 1.165) is 45.2 Å². The molecule has 0 amide bonds. The van der Waals surface area contributed by atoms with E-state index >= 15 is 0 Å². The Morgan fingerprint density at radius 2 is 0.976 bits per heavy atom. The van der Waals surface area contributed by atoms with Gasteiger partial charge in [0.1, 0.15) is 12.0 Å². The summed E-state index contributed by atoms with van der Waals surface area (Å²) in [5, 5.41) is -1.16. The zero-order valence-corrected chi connectivity index (χ0v) is 24.8. The number of hydrogen-bond donors (Lipinski definition) is 0. The van der Waals surface area contributed by atoms with Gasteiger partial charge in [0.25, 0.3) is 0 Å². The van der Waals surface area contributed by atoms with E-state index in [1.54, 1.807) is 0 Å². The third kappa shape index (κ3) is 10.5. The van der Waals surface area contributed by atoms with E-state index in [1.807, 2.05) is 4.74 Å². The maximum Gasteiger partial charge on any atom is 0.438 e. The van der Waals surface area contributed by atoms with E-state index in [4.69, 9.17) is 0 Å². The molecule has 0 radical (unpaired) electrons. The summed E-state index contributed by atoms with van der Waals surface area (Å²) in [6.07, 6.45) is -32.9. The van der Waals surface area contributed by atoms with E-state index in [1.165, 1.54) is 0 Å². The number of rotatable bonds is 19. The zero-order valence-electron chi connectivity index (χ0n) is 18.9. The maximum absolute atomic E-state index is 13.9. The van der Waals surface area contributed by atoms with Crippen molar-refractivity contribution in [1.29, 1.82) is 0 Å². The van der Waals surface area contributed by atoms with Gasteiger partial charge >= 0.3 is 46.8 Å². The summed E-state index contributed by atoms with van der Waals surface area (Å²) in [4.78, 5) is 0.